The summed E-state index contributed by atoms with van der Waals surface area (Å²) < 4.78 is 16.8. The number of carbonyl (C=O) groups excluding carboxylic acids is 4. The molecule has 0 heterocycles. The number of carbonyl (C=O) groups is 5. The molecule has 2 rings (SSSR count). The predicted octanol–water partition coefficient (Wildman–Crippen LogP) is 6.08. The quantitative estimate of drug-likeness (QED) is 0.194. The van der Waals surface area contributed by atoms with Gasteiger partial charge in [-0.3, -0.25) is 24.0 Å². The molecule has 0 aliphatic carbocycles. The van der Waals surface area contributed by atoms with Gasteiger partial charge in [0.2, 0.25) is 5.91 Å². The fourth-order valence-electron chi connectivity index (χ4n) is 4.81. The van der Waals surface area contributed by atoms with Crippen LogP contribution >= 0.6 is 0 Å². The van der Waals surface area contributed by atoms with Gasteiger partial charge in [0, 0.05) is 12.8 Å². The van der Waals surface area contributed by atoms with Crippen LogP contribution in [0, 0.1) is 17.8 Å². The third-order valence-electron chi connectivity index (χ3n) is 7.16. The minimum absolute atomic E-state index is 0.0373. The van der Waals surface area contributed by atoms with Gasteiger partial charge in [-0.25, -0.2) is 0 Å². The molecule has 2 aromatic carbocycles. The van der Waals surface area contributed by atoms with Crippen LogP contribution in [0.4, 0.5) is 0 Å². The third kappa shape index (κ3) is 15.3. The van der Waals surface area contributed by atoms with Gasteiger partial charge >= 0.3 is 17.9 Å². The van der Waals surface area contributed by atoms with Crippen molar-refractivity contribution in [1.29, 1.82) is 0 Å². The topological polar surface area (TPSA) is 145 Å². The molecule has 47 heavy (non-hydrogen) atoms. The summed E-state index contributed by atoms with van der Waals surface area (Å²) in [6, 6.07) is 15.2. The van der Waals surface area contributed by atoms with Gasteiger partial charge in [0.15, 0.2) is 5.78 Å². The molecule has 0 unspecified atom stereocenters. The first-order valence-corrected chi connectivity index (χ1v) is 16.1. The van der Waals surface area contributed by atoms with E-state index in [-0.39, 0.29) is 44.6 Å². The van der Waals surface area contributed by atoms with E-state index >= 15 is 0 Å². The van der Waals surface area contributed by atoms with E-state index < -0.39 is 58.7 Å². The number of Topliss-reactive ketones (excluding diaryl/α,β-unsaturated/α-hetero) is 1. The van der Waals surface area contributed by atoms with E-state index in [1.54, 1.807) is 46.8 Å². The lowest BCUT2D eigenvalue weighted by atomic mass is 9.87. The highest BCUT2D eigenvalue weighted by molar-refractivity contribution is 5.93. The van der Waals surface area contributed by atoms with Gasteiger partial charge in [0.25, 0.3) is 0 Å². The number of rotatable bonds is 17. The standard InChI is InChI=1S/C37H51NO9/c1-24(2)29(35(43)44)22-31(39)30(18-19-32(40)47-37(6,7)8)38-34(42)27(21-33(41)45-23-26-12-10-9-11-13-26)20-25-14-16-28(17-15-25)46-36(3,4)5/h9-17,24,27,29-30H,18-23H2,1-8H3,(H,38,42)(H,43,44)/t27-,29+,30+/m1/s1. The van der Waals surface area contributed by atoms with Gasteiger partial charge < -0.3 is 24.6 Å². The number of esters is 2. The number of ketones is 1. The van der Waals surface area contributed by atoms with Gasteiger partial charge in [-0.1, -0.05) is 56.3 Å². The van der Waals surface area contributed by atoms with Crippen molar-refractivity contribution in [3.05, 3.63) is 65.7 Å². The first kappa shape index (κ1) is 39.0. The fraction of sp³-hybridized carbons (Fsp3) is 0.541. The zero-order valence-corrected chi connectivity index (χ0v) is 29.0. The minimum atomic E-state index is -1.17. The van der Waals surface area contributed by atoms with Crippen molar-refractivity contribution in [2.24, 2.45) is 17.8 Å². The van der Waals surface area contributed by atoms with E-state index in [4.69, 9.17) is 14.2 Å². The Morgan fingerprint density at radius 2 is 1.40 bits per heavy atom. The highest BCUT2D eigenvalue weighted by Crippen LogP contribution is 2.23. The maximum Gasteiger partial charge on any atom is 0.307 e. The van der Waals surface area contributed by atoms with Crippen LogP contribution in [-0.2, 0) is 46.5 Å². The van der Waals surface area contributed by atoms with Gasteiger partial charge in [0.1, 0.15) is 23.6 Å². The normalized spacial score (nSPS) is 13.6. The molecule has 0 bridgehead atoms. The molecule has 1 amide bonds. The number of carboxylic acid groups (broad SMARTS) is 1. The molecule has 0 aromatic heterocycles. The maximum atomic E-state index is 13.8. The van der Waals surface area contributed by atoms with E-state index in [0.29, 0.717) is 5.75 Å². The van der Waals surface area contributed by atoms with E-state index in [9.17, 15) is 29.1 Å². The number of ether oxygens (including phenoxy) is 3. The average molecular weight is 654 g/mol. The Morgan fingerprint density at radius 3 is 1.94 bits per heavy atom. The molecule has 3 atom stereocenters. The summed E-state index contributed by atoms with van der Waals surface area (Å²) >= 11 is 0. The number of hydrogen-bond acceptors (Lipinski definition) is 8. The second-order valence-corrected chi connectivity index (χ2v) is 14.2. The molecule has 2 aromatic rings. The molecule has 0 spiro atoms. The minimum Gasteiger partial charge on any atom is -0.488 e. The summed E-state index contributed by atoms with van der Waals surface area (Å²) in [7, 11) is 0. The number of benzene rings is 2. The van der Waals surface area contributed by atoms with Gasteiger partial charge in [0.05, 0.1) is 24.3 Å². The Morgan fingerprint density at radius 1 is 0.787 bits per heavy atom. The zero-order chi connectivity index (χ0) is 35.4. The number of amides is 1. The Hall–Kier alpha value is -4.21. The fourth-order valence-corrected chi connectivity index (χ4v) is 4.81. The summed E-state index contributed by atoms with van der Waals surface area (Å²) in [6.07, 6.45) is -0.708. The Bertz CT molecular complexity index is 1340. The van der Waals surface area contributed by atoms with E-state index in [2.05, 4.69) is 5.32 Å². The van der Waals surface area contributed by atoms with Crippen molar-refractivity contribution in [1.82, 2.24) is 5.32 Å². The Labute approximate surface area is 278 Å². The zero-order valence-electron chi connectivity index (χ0n) is 29.0. The Balaban J connectivity index is 2.31. The molecule has 2 N–H and O–H groups in total. The first-order valence-electron chi connectivity index (χ1n) is 16.1. The van der Waals surface area contributed by atoms with Crippen LogP contribution in [0.25, 0.3) is 0 Å². The third-order valence-corrected chi connectivity index (χ3v) is 7.16. The molecule has 0 aliphatic heterocycles. The van der Waals surface area contributed by atoms with E-state index in [0.717, 1.165) is 11.1 Å². The van der Waals surface area contributed by atoms with E-state index in [1.807, 2.05) is 63.2 Å². The molecule has 0 fully saturated rings. The van der Waals surface area contributed by atoms with Crippen molar-refractivity contribution >= 4 is 29.6 Å². The molecule has 0 saturated heterocycles. The molecule has 258 valence electrons. The van der Waals surface area contributed by atoms with Crippen LogP contribution in [-0.4, -0.2) is 51.9 Å². The van der Waals surface area contributed by atoms with Crippen LogP contribution in [0.3, 0.4) is 0 Å². The molecule has 10 heteroatoms. The lowest BCUT2D eigenvalue weighted by Crippen LogP contribution is -2.46. The average Bonchev–Trinajstić information content (AvgIpc) is 2.95. The lowest BCUT2D eigenvalue weighted by Gasteiger charge is -2.25. The highest BCUT2D eigenvalue weighted by Gasteiger charge is 2.32. The van der Waals surface area contributed by atoms with Crippen molar-refractivity contribution in [2.75, 3.05) is 0 Å². The number of nitrogens with one attached hydrogen (secondary N) is 1. The molecular formula is C37H51NO9. The smallest absolute Gasteiger partial charge is 0.307 e. The lowest BCUT2D eigenvalue weighted by molar-refractivity contribution is -0.155. The summed E-state index contributed by atoms with van der Waals surface area (Å²) in [5.41, 5.74) is 0.402. The van der Waals surface area contributed by atoms with Crippen LogP contribution in [0.15, 0.2) is 54.6 Å². The van der Waals surface area contributed by atoms with Crippen LogP contribution < -0.4 is 10.1 Å². The van der Waals surface area contributed by atoms with Crippen LogP contribution in [0.2, 0.25) is 0 Å². The first-order chi connectivity index (χ1) is 21.8. The predicted molar refractivity (Wildman–Crippen MR) is 177 cm³/mol. The molecule has 0 saturated carbocycles. The largest absolute Gasteiger partial charge is 0.488 e. The summed E-state index contributed by atoms with van der Waals surface area (Å²) in [6.45, 7) is 14.4. The second kappa shape index (κ2) is 17.6. The van der Waals surface area contributed by atoms with Gasteiger partial charge in [-0.2, -0.15) is 0 Å². The second-order valence-electron chi connectivity index (χ2n) is 14.2. The van der Waals surface area contributed by atoms with Crippen molar-refractivity contribution < 1.29 is 43.3 Å². The molecule has 0 aliphatic rings. The summed E-state index contributed by atoms with van der Waals surface area (Å²) in [5.74, 6) is -4.96. The van der Waals surface area contributed by atoms with Crippen LogP contribution in [0.5, 0.6) is 5.75 Å². The van der Waals surface area contributed by atoms with Gasteiger partial charge in [-0.15, -0.1) is 0 Å². The van der Waals surface area contributed by atoms with Crippen LogP contribution in [0.1, 0.15) is 92.2 Å². The van der Waals surface area contributed by atoms with Crippen molar-refractivity contribution in [2.45, 2.75) is 111 Å². The molecule has 10 nitrogen and oxygen atoms in total. The molecular weight excluding hydrogens is 602 g/mol. The van der Waals surface area contributed by atoms with Crippen molar-refractivity contribution in [3.8, 4) is 5.75 Å². The number of hydrogen-bond donors (Lipinski definition) is 2. The molecule has 0 radical (unpaired) electrons. The van der Waals surface area contributed by atoms with Crippen molar-refractivity contribution in [3.63, 3.8) is 0 Å². The maximum absolute atomic E-state index is 13.8. The number of carboxylic acids is 1. The van der Waals surface area contributed by atoms with E-state index in [1.165, 1.54) is 0 Å². The summed E-state index contributed by atoms with van der Waals surface area (Å²) in [5, 5.41) is 12.4. The number of aliphatic carboxylic acids is 1. The highest BCUT2D eigenvalue weighted by atomic mass is 16.6. The Kier molecular flexibility index (Phi) is 14.6. The van der Waals surface area contributed by atoms with Gasteiger partial charge in [-0.05, 0) is 83.6 Å². The summed E-state index contributed by atoms with van der Waals surface area (Å²) in [4.78, 5) is 64.7. The monoisotopic (exact) mass is 653 g/mol. The SMILES string of the molecule is CC(C)[C@H](CC(=O)[C@H](CCC(=O)OC(C)(C)C)NC(=O)[C@@H](CC(=O)OCc1ccccc1)Cc1ccc(OC(C)(C)C)cc1)C(=O)O.